The molecule has 0 aromatic heterocycles. The van der Waals surface area contributed by atoms with Gasteiger partial charge in [-0.25, -0.2) is 0 Å². The highest BCUT2D eigenvalue weighted by Gasteiger charge is 2.42. The lowest BCUT2D eigenvalue weighted by atomic mass is 9.75. The van der Waals surface area contributed by atoms with Crippen LogP contribution in [0, 0.1) is 11.3 Å². The summed E-state index contributed by atoms with van der Waals surface area (Å²) in [4.78, 5) is 12.3. The highest BCUT2D eigenvalue weighted by Crippen LogP contribution is 2.35. The molecule has 106 valence electrons. The van der Waals surface area contributed by atoms with Crippen LogP contribution in [-0.4, -0.2) is 31.8 Å². The molecule has 0 aromatic carbocycles. The Balaban J connectivity index is 2.78. The highest BCUT2D eigenvalue weighted by molar-refractivity contribution is 5.77. The Kier molecular flexibility index (Phi) is 6.09. The second kappa shape index (κ2) is 7.10. The van der Waals surface area contributed by atoms with Crippen molar-refractivity contribution in [1.82, 2.24) is 0 Å². The summed E-state index contributed by atoms with van der Waals surface area (Å²) < 4.78 is 10.9. The number of carbonyl (C=O) groups excluding carboxylic acids is 1. The molecule has 1 saturated heterocycles. The molecule has 1 rings (SSSR count). The van der Waals surface area contributed by atoms with Gasteiger partial charge in [0.2, 0.25) is 0 Å². The molecule has 1 heterocycles. The van der Waals surface area contributed by atoms with Crippen molar-refractivity contribution in [2.75, 3.05) is 19.8 Å². The molecule has 0 saturated carbocycles. The normalized spacial score (nSPS) is 23.1. The van der Waals surface area contributed by atoms with Gasteiger partial charge in [0.1, 0.15) is 0 Å². The molecule has 4 nitrogen and oxygen atoms in total. The fourth-order valence-electron chi connectivity index (χ4n) is 2.81. The van der Waals surface area contributed by atoms with Crippen LogP contribution in [-0.2, 0) is 14.3 Å². The SMILES string of the molecule is CCOC(=O)C(CN)(CC(C)C)CC1CCCO1. The molecule has 0 amide bonds. The zero-order chi connectivity index (χ0) is 13.6. The second-order valence-corrected chi connectivity index (χ2v) is 5.64. The largest absolute Gasteiger partial charge is 0.466 e. The van der Waals surface area contributed by atoms with Gasteiger partial charge in [-0.05, 0) is 38.5 Å². The first-order chi connectivity index (χ1) is 8.54. The number of nitrogens with two attached hydrogens (primary N) is 1. The van der Waals surface area contributed by atoms with Gasteiger partial charge in [0.05, 0.1) is 18.1 Å². The smallest absolute Gasteiger partial charge is 0.313 e. The van der Waals surface area contributed by atoms with Crippen LogP contribution in [0.25, 0.3) is 0 Å². The zero-order valence-corrected chi connectivity index (χ0v) is 11.9. The van der Waals surface area contributed by atoms with E-state index in [-0.39, 0.29) is 12.1 Å². The lowest BCUT2D eigenvalue weighted by Gasteiger charge is -2.33. The molecule has 1 fully saturated rings. The number of carbonyl (C=O) groups is 1. The summed E-state index contributed by atoms with van der Waals surface area (Å²) in [5.41, 5.74) is 5.34. The van der Waals surface area contributed by atoms with Gasteiger partial charge < -0.3 is 15.2 Å². The number of rotatable bonds is 7. The van der Waals surface area contributed by atoms with E-state index < -0.39 is 5.41 Å². The average Bonchev–Trinajstić information content (AvgIpc) is 2.80. The molecular weight excluding hydrogens is 230 g/mol. The topological polar surface area (TPSA) is 61.5 Å². The quantitative estimate of drug-likeness (QED) is 0.710. The summed E-state index contributed by atoms with van der Waals surface area (Å²) in [5, 5.41) is 0. The third-order valence-electron chi connectivity index (χ3n) is 3.54. The summed E-state index contributed by atoms with van der Waals surface area (Å²) in [5.74, 6) is 0.260. The number of hydrogen-bond acceptors (Lipinski definition) is 4. The highest BCUT2D eigenvalue weighted by atomic mass is 16.5. The van der Waals surface area contributed by atoms with Gasteiger partial charge in [0, 0.05) is 13.2 Å². The van der Waals surface area contributed by atoms with E-state index in [4.69, 9.17) is 15.2 Å². The average molecular weight is 257 g/mol. The molecule has 0 radical (unpaired) electrons. The van der Waals surface area contributed by atoms with Gasteiger partial charge in [0.15, 0.2) is 0 Å². The van der Waals surface area contributed by atoms with Gasteiger partial charge >= 0.3 is 5.97 Å². The Morgan fingerprint density at radius 3 is 2.72 bits per heavy atom. The predicted molar refractivity (Wildman–Crippen MR) is 71.2 cm³/mol. The Morgan fingerprint density at radius 2 is 2.28 bits per heavy atom. The van der Waals surface area contributed by atoms with Crippen molar-refractivity contribution in [3.05, 3.63) is 0 Å². The van der Waals surface area contributed by atoms with Crippen molar-refractivity contribution in [3.63, 3.8) is 0 Å². The van der Waals surface area contributed by atoms with Crippen LogP contribution >= 0.6 is 0 Å². The van der Waals surface area contributed by atoms with Crippen LogP contribution in [0.1, 0.15) is 46.5 Å². The molecule has 0 bridgehead atoms. The molecule has 2 unspecified atom stereocenters. The lowest BCUT2D eigenvalue weighted by molar-refractivity contribution is -0.158. The molecule has 0 spiro atoms. The number of esters is 1. The third kappa shape index (κ3) is 3.95. The van der Waals surface area contributed by atoms with Crippen LogP contribution < -0.4 is 5.73 Å². The van der Waals surface area contributed by atoms with Crippen molar-refractivity contribution >= 4 is 5.97 Å². The first-order valence-electron chi connectivity index (χ1n) is 7.03. The van der Waals surface area contributed by atoms with Crippen molar-refractivity contribution < 1.29 is 14.3 Å². The van der Waals surface area contributed by atoms with Gasteiger partial charge in [-0.1, -0.05) is 13.8 Å². The molecule has 2 N–H and O–H groups in total. The second-order valence-electron chi connectivity index (χ2n) is 5.64. The van der Waals surface area contributed by atoms with Crippen LogP contribution in [0.15, 0.2) is 0 Å². The van der Waals surface area contributed by atoms with E-state index in [1.165, 1.54) is 0 Å². The summed E-state index contributed by atoms with van der Waals surface area (Å²) in [6, 6.07) is 0. The molecule has 1 aliphatic heterocycles. The maximum atomic E-state index is 12.3. The fraction of sp³-hybridized carbons (Fsp3) is 0.929. The molecule has 4 heteroatoms. The van der Waals surface area contributed by atoms with Crippen molar-refractivity contribution in [3.8, 4) is 0 Å². The zero-order valence-electron chi connectivity index (χ0n) is 11.9. The Bertz CT molecular complexity index is 262. The first kappa shape index (κ1) is 15.4. The van der Waals surface area contributed by atoms with Gasteiger partial charge in [-0.15, -0.1) is 0 Å². The molecule has 18 heavy (non-hydrogen) atoms. The maximum absolute atomic E-state index is 12.3. The summed E-state index contributed by atoms with van der Waals surface area (Å²) in [6.45, 7) is 7.60. The van der Waals surface area contributed by atoms with Gasteiger partial charge in [-0.3, -0.25) is 4.79 Å². The van der Waals surface area contributed by atoms with Crippen LogP contribution in [0.2, 0.25) is 0 Å². The molecule has 0 aromatic rings. The van der Waals surface area contributed by atoms with Crippen LogP contribution in [0.3, 0.4) is 0 Å². The minimum atomic E-state index is -0.570. The van der Waals surface area contributed by atoms with E-state index in [0.717, 1.165) is 25.9 Å². The number of ether oxygens (including phenoxy) is 2. The van der Waals surface area contributed by atoms with E-state index >= 15 is 0 Å². The van der Waals surface area contributed by atoms with Crippen molar-refractivity contribution in [1.29, 1.82) is 0 Å². The lowest BCUT2D eigenvalue weighted by Crippen LogP contribution is -2.43. The summed E-state index contributed by atoms with van der Waals surface area (Å²) in [7, 11) is 0. The van der Waals surface area contributed by atoms with E-state index in [1.807, 2.05) is 6.92 Å². The van der Waals surface area contributed by atoms with Crippen molar-refractivity contribution in [2.24, 2.45) is 17.1 Å². The minimum absolute atomic E-state index is 0.156. The Hall–Kier alpha value is -0.610. The molecular formula is C14H27NO3. The van der Waals surface area contributed by atoms with E-state index in [1.54, 1.807) is 0 Å². The number of hydrogen-bond donors (Lipinski definition) is 1. The van der Waals surface area contributed by atoms with Crippen LogP contribution in [0.5, 0.6) is 0 Å². The molecule has 1 aliphatic rings. The maximum Gasteiger partial charge on any atom is 0.313 e. The monoisotopic (exact) mass is 257 g/mol. The van der Waals surface area contributed by atoms with E-state index in [0.29, 0.717) is 25.5 Å². The van der Waals surface area contributed by atoms with E-state index in [9.17, 15) is 4.79 Å². The summed E-state index contributed by atoms with van der Waals surface area (Å²) >= 11 is 0. The molecule has 2 atom stereocenters. The van der Waals surface area contributed by atoms with Gasteiger partial charge in [-0.2, -0.15) is 0 Å². The molecule has 0 aliphatic carbocycles. The van der Waals surface area contributed by atoms with E-state index in [2.05, 4.69) is 13.8 Å². The summed E-state index contributed by atoms with van der Waals surface area (Å²) in [6.07, 6.45) is 3.73. The standard InChI is InChI=1S/C14H27NO3/c1-4-17-13(16)14(10-15,8-11(2)3)9-12-6-5-7-18-12/h11-12H,4-10,15H2,1-3H3. The van der Waals surface area contributed by atoms with Crippen LogP contribution in [0.4, 0.5) is 0 Å². The minimum Gasteiger partial charge on any atom is -0.466 e. The van der Waals surface area contributed by atoms with Crippen molar-refractivity contribution in [2.45, 2.75) is 52.6 Å². The van der Waals surface area contributed by atoms with Gasteiger partial charge in [0.25, 0.3) is 0 Å². The predicted octanol–water partition coefficient (Wildman–Crippen LogP) is 2.11. The fourth-order valence-corrected chi connectivity index (χ4v) is 2.81. The third-order valence-corrected chi connectivity index (χ3v) is 3.54. The Labute approximate surface area is 110 Å². The Morgan fingerprint density at radius 1 is 1.56 bits per heavy atom. The first-order valence-corrected chi connectivity index (χ1v) is 7.03.